The smallest absolute Gasteiger partial charge is 0.255 e. The molecule has 4 aliphatic heterocycles. The van der Waals surface area contributed by atoms with Crippen LogP contribution in [0.15, 0.2) is 66.9 Å². The molecule has 8 rings (SSSR count). The van der Waals surface area contributed by atoms with E-state index in [-0.39, 0.29) is 24.1 Å². The molecule has 3 amide bonds. The minimum atomic E-state index is -0.588. The molecule has 1 aromatic heterocycles. The highest BCUT2D eigenvalue weighted by molar-refractivity contribution is 6.05. The highest BCUT2D eigenvalue weighted by atomic mass is 16.5. The van der Waals surface area contributed by atoms with Gasteiger partial charge in [-0.3, -0.25) is 24.6 Å². The molecule has 52 heavy (non-hydrogen) atoms. The number of nitrogens with one attached hydrogen (secondary N) is 2. The average Bonchev–Trinajstić information content (AvgIpc) is 3.75. The third kappa shape index (κ3) is 6.83. The van der Waals surface area contributed by atoms with Crippen LogP contribution in [0.25, 0.3) is 10.9 Å². The number of carbonyl (C=O) groups is 3. The summed E-state index contributed by atoms with van der Waals surface area (Å²) >= 11 is 0. The zero-order valence-corrected chi connectivity index (χ0v) is 29.5. The number of amides is 3. The Morgan fingerprint density at radius 1 is 0.865 bits per heavy atom. The van der Waals surface area contributed by atoms with Gasteiger partial charge in [-0.05, 0) is 92.1 Å². The first kappa shape index (κ1) is 33.8. The molecule has 4 aliphatic rings. The molecule has 2 N–H and O–H groups in total. The Morgan fingerprint density at radius 3 is 2.44 bits per heavy atom. The number of rotatable bonds is 10. The van der Waals surface area contributed by atoms with Crippen LogP contribution in [0.4, 0.5) is 11.4 Å². The van der Waals surface area contributed by atoms with Crippen molar-refractivity contribution in [2.75, 3.05) is 62.2 Å². The lowest BCUT2D eigenvalue weighted by atomic mass is 9.89. The summed E-state index contributed by atoms with van der Waals surface area (Å²) in [5.74, 6) is 0.683. The third-order valence-electron chi connectivity index (χ3n) is 11.4. The van der Waals surface area contributed by atoms with Crippen LogP contribution >= 0.6 is 0 Å². The largest absolute Gasteiger partial charge is 0.494 e. The molecule has 0 saturated carbocycles. The summed E-state index contributed by atoms with van der Waals surface area (Å²) in [4.78, 5) is 49.3. The van der Waals surface area contributed by atoms with Crippen molar-refractivity contribution in [2.24, 2.45) is 0 Å². The average molecular weight is 700 g/mol. The Bertz CT molecular complexity index is 2000. The molecule has 1 atom stereocenters. The number of piperazine rings is 1. The maximum Gasteiger partial charge on any atom is 0.255 e. The number of nitrogens with zero attached hydrogens (tertiary/aromatic N) is 5. The third-order valence-corrected chi connectivity index (χ3v) is 11.4. The van der Waals surface area contributed by atoms with Gasteiger partial charge in [0.15, 0.2) is 0 Å². The van der Waals surface area contributed by atoms with Crippen molar-refractivity contribution in [3.63, 3.8) is 0 Å². The summed E-state index contributed by atoms with van der Waals surface area (Å²) < 4.78 is 6.11. The van der Waals surface area contributed by atoms with Crippen LogP contribution in [0.1, 0.15) is 71.5 Å². The van der Waals surface area contributed by atoms with Gasteiger partial charge >= 0.3 is 0 Å². The second-order valence-corrected chi connectivity index (χ2v) is 14.5. The number of aromatic amines is 1. The topological polar surface area (TPSA) is 125 Å². The van der Waals surface area contributed by atoms with Crippen LogP contribution in [-0.2, 0) is 16.1 Å². The van der Waals surface area contributed by atoms with Gasteiger partial charge in [-0.1, -0.05) is 24.3 Å². The van der Waals surface area contributed by atoms with Gasteiger partial charge in [0.2, 0.25) is 11.8 Å². The quantitative estimate of drug-likeness (QED) is 0.172. The van der Waals surface area contributed by atoms with E-state index in [0.29, 0.717) is 36.6 Å². The minimum absolute atomic E-state index is 0.130. The number of H-pyrrole nitrogens is 1. The van der Waals surface area contributed by atoms with Crippen molar-refractivity contribution in [2.45, 2.75) is 57.0 Å². The number of unbranched alkanes of at least 4 members (excludes halogenated alkanes) is 1. The lowest BCUT2D eigenvalue weighted by Gasteiger charge is -2.36. The highest BCUT2D eigenvalue weighted by Gasteiger charge is 2.39. The van der Waals surface area contributed by atoms with Crippen LogP contribution in [0, 0.1) is 11.3 Å². The number of aromatic nitrogens is 1. The predicted molar refractivity (Wildman–Crippen MR) is 200 cm³/mol. The van der Waals surface area contributed by atoms with Crippen molar-refractivity contribution in [1.82, 2.24) is 20.1 Å². The number of benzene rings is 3. The van der Waals surface area contributed by atoms with E-state index < -0.39 is 6.04 Å². The SMILES string of the molecule is N#Cc1c[nH]c2c(N3CCC(c4ccc(OCCCCN5CCN(c6ccc7c(c6)CN(C6CCC(=O)NC6=O)C7=O)CC5)cc4)CC3)cccc12. The number of imide groups is 1. The van der Waals surface area contributed by atoms with Crippen molar-refractivity contribution in [1.29, 1.82) is 5.26 Å². The summed E-state index contributed by atoms with van der Waals surface area (Å²) in [5.41, 5.74) is 7.02. The number of para-hydroxylation sites is 1. The number of anilines is 2. The van der Waals surface area contributed by atoms with E-state index in [9.17, 15) is 19.6 Å². The standard InChI is InChI=1S/C41H45N7O4/c42-25-31-26-43-39-34(31)4-3-5-36(39)47-17-14-29(15-18-47)28-6-9-33(10-7-28)52-23-2-1-16-45-19-21-46(22-20-45)32-8-11-35-30(24-32)27-48(41(35)51)37-12-13-38(49)44-40(37)50/h3-11,24,26,29,37,43H,1-2,12-23,27H2,(H,44,49,50). The molecular weight excluding hydrogens is 654 g/mol. The van der Waals surface area contributed by atoms with Gasteiger partial charge in [0.05, 0.1) is 23.4 Å². The zero-order chi connectivity index (χ0) is 35.6. The molecular formula is C41H45N7O4. The van der Waals surface area contributed by atoms with Crippen LogP contribution in [0.2, 0.25) is 0 Å². The molecule has 0 radical (unpaired) electrons. The maximum atomic E-state index is 13.1. The summed E-state index contributed by atoms with van der Waals surface area (Å²) in [5, 5.41) is 12.8. The van der Waals surface area contributed by atoms with Crippen molar-refractivity contribution in [3.8, 4) is 11.8 Å². The normalized spacial score (nSPS) is 19.9. The van der Waals surface area contributed by atoms with E-state index in [2.05, 4.69) is 67.5 Å². The molecule has 0 aliphatic carbocycles. The molecule has 3 aromatic carbocycles. The Hall–Kier alpha value is -5.34. The fourth-order valence-electron chi connectivity index (χ4n) is 8.40. The zero-order valence-electron chi connectivity index (χ0n) is 29.5. The Morgan fingerprint density at radius 2 is 1.67 bits per heavy atom. The number of piperidine rings is 2. The van der Waals surface area contributed by atoms with Crippen LogP contribution in [0.5, 0.6) is 5.75 Å². The lowest BCUT2D eigenvalue weighted by Crippen LogP contribution is -2.52. The van der Waals surface area contributed by atoms with Crippen LogP contribution in [-0.4, -0.2) is 91.0 Å². The van der Waals surface area contributed by atoms with Crippen molar-refractivity contribution in [3.05, 3.63) is 89.1 Å². The number of hydrogen-bond acceptors (Lipinski definition) is 8. The highest BCUT2D eigenvalue weighted by Crippen LogP contribution is 2.35. The van der Waals surface area contributed by atoms with E-state index in [1.54, 1.807) is 11.1 Å². The number of nitriles is 1. The first-order valence-corrected chi connectivity index (χ1v) is 18.7. The number of ether oxygens (including phenoxy) is 1. The first-order valence-electron chi connectivity index (χ1n) is 18.7. The number of fused-ring (bicyclic) bond motifs is 2. The summed E-state index contributed by atoms with van der Waals surface area (Å²) in [7, 11) is 0. The van der Waals surface area contributed by atoms with Gasteiger partial charge in [-0.25, -0.2) is 0 Å². The van der Waals surface area contributed by atoms with Crippen LogP contribution < -0.4 is 19.9 Å². The molecule has 268 valence electrons. The summed E-state index contributed by atoms with van der Waals surface area (Å²) in [6, 6.07) is 22.6. The fraction of sp³-hybridized carbons (Fsp3) is 0.415. The minimum Gasteiger partial charge on any atom is -0.494 e. The monoisotopic (exact) mass is 699 g/mol. The van der Waals surface area contributed by atoms with E-state index >= 15 is 0 Å². The Balaban J connectivity index is 0.738. The number of hydrogen-bond donors (Lipinski definition) is 2. The van der Waals surface area contributed by atoms with Gasteiger partial charge in [-0.15, -0.1) is 0 Å². The molecule has 0 spiro atoms. The molecule has 3 fully saturated rings. The molecule has 11 nitrogen and oxygen atoms in total. The second kappa shape index (κ2) is 14.7. The summed E-state index contributed by atoms with van der Waals surface area (Å²) in [6.45, 7) is 7.97. The molecule has 11 heteroatoms. The predicted octanol–water partition coefficient (Wildman–Crippen LogP) is 5.17. The molecule has 4 aromatic rings. The van der Waals surface area contributed by atoms with E-state index in [0.717, 1.165) is 99.4 Å². The van der Waals surface area contributed by atoms with Gasteiger partial charge in [0, 0.05) is 75.1 Å². The lowest BCUT2D eigenvalue weighted by molar-refractivity contribution is -0.136. The van der Waals surface area contributed by atoms with Crippen LogP contribution in [0.3, 0.4) is 0 Å². The maximum absolute atomic E-state index is 13.1. The Labute approximate surface area is 304 Å². The molecule has 0 bridgehead atoms. The van der Waals surface area contributed by atoms with E-state index in [4.69, 9.17) is 4.74 Å². The van der Waals surface area contributed by atoms with Crippen molar-refractivity contribution < 1.29 is 19.1 Å². The van der Waals surface area contributed by atoms with E-state index in [1.807, 2.05) is 24.3 Å². The fourth-order valence-corrected chi connectivity index (χ4v) is 8.40. The van der Waals surface area contributed by atoms with Gasteiger partial charge in [-0.2, -0.15) is 5.26 Å². The molecule has 1 unspecified atom stereocenters. The van der Waals surface area contributed by atoms with Gasteiger partial charge in [0.1, 0.15) is 17.9 Å². The second-order valence-electron chi connectivity index (χ2n) is 14.5. The number of carbonyl (C=O) groups excluding carboxylic acids is 3. The first-order chi connectivity index (χ1) is 25.4. The molecule has 3 saturated heterocycles. The summed E-state index contributed by atoms with van der Waals surface area (Å²) in [6.07, 6.45) is 6.72. The van der Waals surface area contributed by atoms with E-state index in [1.165, 1.54) is 11.3 Å². The van der Waals surface area contributed by atoms with Crippen molar-refractivity contribution >= 4 is 40.0 Å². The van der Waals surface area contributed by atoms with Gasteiger partial charge in [0.25, 0.3) is 5.91 Å². The van der Waals surface area contributed by atoms with Gasteiger partial charge < -0.3 is 24.4 Å². The molecule has 5 heterocycles. The Kier molecular flexibility index (Phi) is 9.56.